The van der Waals surface area contributed by atoms with Gasteiger partial charge in [-0.3, -0.25) is 0 Å². The van der Waals surface area contributed by atoms with E-state index in [1.54, 1.807) is 0 Å². The third kappa shape index (κ3) is 3.05. The number of carboxylic acid groups (broad SMARTS) is 1. The molecule has 0 saturated heterocycles. The number of aromatic nitrogens is 1. The maximum Gasteiger partial charge on any atom is 0.352 e. The Morgan fingerprint density at radius 1 is 1.62 bits per heavy atom. The molecule has 90 valence electrons. The number of aromatic carboxylic acids is 1. The fourth-order valence-corrected chi connectivity index (χ4v) is 2.08. The van der Waals surface area contributed by atoms with E-state index in [4.69, 9.17) is 10.2 Å². The molecule has 1 heterocycles. The van der Waals surface area contributed by atoms with Crippen molar-refractivity contribution < 1.29 is 23.4 Å². The molecule has 0 fully saturated rings. The van der Waals surface area contributed by atoms with E-state index < -0.39 is 22.1 Å². The number of nitrogens with one attached hydrogen (secondary N) is 2. The SMILES string of the molecule is C[C@H](O)CNS(=O)(=O)c1c[nH]c(C(=O)O)c1. The van der Waals surface area contributed by atoms with Gasteiger partial charge in [0.15, 0.2) is 0 Å². The lowest BCUT2D eigenvalue weighted by Crippen LogP contribution is -2.30. The number of aromatic amines is 1. The number of hydrogen-bond acceptors (Lipinski definition) is 4. The molecule has 0 aliphatic carbocycles. The van der Waals surface area contributed by atoms with Crippen LogP contribution in [-0.4, -0.2) is 42.2 Å². The molecule has 0 bridgehead atoms. The van der Waals surface area contributed by atoms with E-state index in [1.807, 2.05) is 0 Å². The highest BCUT2D eigenvalue weighted by atomic mass is 32.2. The van der Waals surface area contributed by atoms with Crippen molar-refractivity contribution in [2.75, 3.05) is 6.54 Å². The minimum atomic E-state index is -3.77. The van der Waals surface area contributed by atoms with Gasteiger partial charge in [0, 0.05) is 12.7 Å². The minimum absolute atomic E-state index is 0.129. The molecule has 0 saturated carbocycles. The van der Waals surface area contributed by atoms with Gasteiger partial charge >= 0.3 is 5.97 Å². The number of aliphatic hydroxyl groups is 1. The number of rotatable bonds is 5. The van der Waals surface area contributed by atoms with Gasteiger partial charge in [-0.25, -0.2) is 17.9 Å². The molecule has 0 aliphatic rings. The second-order valence-corrected chi connectivity index (χ2v) is 5.02. The maximum absolute atomic E-state index is 11.5. The minimum Gasteiger partial charge on any atom is -0.477 e. The molecule has 0 aromatic carbocycles. The average Bonchev–Trinajstić information content (AvgIpc) is 2.64. The van der Waals surface area contributed by atoms with Crippen LogP contribution in [0.25, 0.3) is 0 Å². The van der Waals surface area contributed by atoms with Gasteiger partial charge in [-0.05, 0) is 13.0 Å². The zero-order valence-corrected chi connectivity index (χ0v) is 9.28. The number of hydrogen-bond donors (Lipinski definition) is 4. The van der Waals surface area contributed by atoms with E-state index in [9.17, 15) is 13.2 Å². The number of carboxylic acids is 1. The molecule has 8 heteroatoms. The fourth-order valence-electron chi connectivity index (χ4n) is 0.967. The Morgan fingerprint density at radius 3 is 2.69 bits per heavy atom. The van der Waals surface area contributed by atoms with Crippen molar-refractivity contribution in [1.29, 1.82) is 0 Å². The summed E-state index contributed by atoms with van der Waals surface area (Å²) < 4.78 is 25.2. The summed E-state index contributed by atoms with van der Waals surface area (Å²) in [7, 11) is -3.77. The van der Waals surface area contributed by atoms with E-state index in [1.165, 1.54) is 6.92 Å². The second-order valence-electron chi connectivity index (χ2n) is 3.26. The molecule has 7 nitrogen and oxygen atoms in total. The number of carbonyl (C=O) groups is 1. The predicted molar refractivity (Wildman–Crippen MR) is 54.6 cm³/mol. The smallest absolute Gasteiger partial charge is 0.352 e. The summed E-state index contributed by atoms with van der Waals surface area (Å²) in [6, 6.07) is 1.01. The van der Waals surface area contributed by atoms with E-state index in [0.717, 1.165) is 12.3 Å². The van der Waals surface area contributed by atoms with Crippen LogP contribution in [0.4, 0.5) is 0 Å². The quantitative estimate of drug-likeness (QED) is 0.553. The fraction of sp³-hybridized carbons (Fsp3) is 0.375. The molecule has 1 aromatic heterocycles. The van der Waals surface area contributed by atoms with Crippen LogP contribution in [-0.2, 0) is 10.0 Å². The van der Waals surface area contributed by atoms with Crippen LogP contribution in [0.3, 0.4) is 0 Å². The van der Waals surface area contributed by atoms with Gasteiger partial charge in [0.1, 0.15) is 10.6 Å². The van der Waals surface area contributed by atoms with Gasteiger partial charge in [-0.1, -0.05) is 0 Å². The largest absolute Gasteiger partial charge is 0.477 e. The van der Waals surface area contributed by atoms with Crippen molar-refractivity contribution in [3.8, 4) is 0 Å². The molecule has 0 unspecified atom stereocenters. The van der Waals surface area contributed by atoms with Crippen molar-refractivity contribution in [2.45, 2.75) is 17.9 Å². The van der Waals surface area contributed by atoms with Crippen molar-refractivity contribution in [2.24, 2.45) is 0 Å². The van der Waals surface area contributed by atoms with Crippen LogP contribution in [0.15, 0.2) is 17.2 Å². The number of aliphatic hydroxyl groups excluding tert-OH is 1. The first-order chi connectivity index (χ1) is 7.33. The Kier molecular flexibility index (Phi) is 3.68. The summed E-state index contributed by atoms with van der Waals surface area (Å²) in [6.45, 7) is 1.30. The molecule has 0 radical (unpaired) electrons. The molecule has 0 spiro atoms. The highest BCUT2D eigenvalue weighted by molar-refractivity contribution is 7.89. The van der Waals surface area contributed by atoms with Crippen molar-refractivity contribution >= 4 is 16.0 Å². The molecule has 1 rings (SSSR count). The summed E-state index contributed by atoms with van der Waals surface area (Å²) in [4.78, 5) is 12.7. The lowest BCUT2D eigenvalue weighted by Gasteiger charge is -2.06. The van der Waals surface area contributed by atoms with E-state index >= 15 is 0 Å². The van der Waals surface area contributed by atoms with Crippen molar-refractivity contribution in [3.63, 3.8) is 0 Å². The molecule has 0 aliphatic heterocycles. The molecule has 0 amide bonds. The molecule has 1 aromatic rings. The van der Waals surface area contributed by atoms with Crippen LogP contribution in [0.5, 0.6) is 0 Å². The van der Waals surface area contributed by atoms with E-state index in [0.29, 0.717) is 0 Å². The van der Waals surface area contributed by atoms with Crippen LogP contribution in [0.1, 0.15) is 17.4 Å². The van der Waals surface area contributed by atoms with Gasteiger partial charge in [-0.2, -0.15) is 0 Å². The zero-order chi connectivity index (χ0) is 12.3. The number of H-pyrrole nitrogens is 1. The van der Waals surface area contributed by atoms with Gasteiger partial charge in [0.2, 0.25) is 10.0 Å². The first kappa shape index (κ1) is 12.7. The van der Waals surface area contributed by atoms with Gasteiger partial charge in [0.05, 0.1) is 6.10 Å². The molecule has 4 N–H and O–H groups in total. The Labute approximate surface area is 92.2 Å². The standard InChI is InChI=1S/C8H12N2O5S/c1-5(11)3-10-16(14,15)6-2-7(8(12)13)9-4-6/h2,4-5,9-11H,3H2,1H3,(H,12,13)/t5-/m0/s1. The lowest BCUT2D eigenvalue weighted by atomic mass is 10.4. The third-order valence-corrected chi connectivity index (χ3v) is 3.17. The topological polar surface area (TPSA) is 119 Å². The second kappa shape index (κ2) is 4.64. The van der Waals surface area contributed by atoms with Gasteiger partial charge in [0.25, 0.3) is 0 Å². The van der Waals surface area contributed by atoms with Crippen molar-refractivity contribution in [3.05, 3.63) is 18.0 Å². The van der Waals surface area contributed by atoms with Gasteiger partial charge < -0.3 is 15.2 Å². The van der Waals surface area contributed by atoms with E-state index in [2.05, 4.69) is 9.71 Å². The van der Waals surface area contributed by atoms with Crippen LogP contribution < -0.4 is 4.72 Å². The highest BCUT2D eigenvalue weighted by Crippen LogP contribution is 2.10. The summed E-state index contributed by atoms with van der Waals surface area (Å²) in [5.41, 5.74) is -0.211. The maximum atomic E-state index is 11.5. The zero-order valence-electron chi connectivity index (χ0n) is 8.47. The van der Waals surface area contributed by atoms with Crippen molar-refractivity contribution in [1.82, 2.24) is 9.71 Å². The summed E-state index contributed by atoms with van der Waals surface area (Å²) in [5.74, 6) is -1.24. The Morgan fingerprint density at radius 2 is 2.25 bits per heavy atom. The predicted octanol–water partition coefficient (Wildman–Crippen LogP) is -0.628. The Bertz CT molecular complexity index is 476. The van der Waals surface area contributed by atoms with E-state index in [-0.39, 0.29) is 17.1 Å². The molecular weight excluding hydrogens is 236 g/mol. The molecule has 16 heavy (non-hydrogen) atoms. The highest BCUT2D eigenvalue weighted by Gasteiger charge is 2.18. The third-order valence-electron chi connectivity index (χ3n) is 1.77. The number of sulfonamides is 1. The molecular formula is C8H12N2O5S. The monoisotopic (exact) mass is 248 g/mol. The lowest BCUT2D eigenvalue weighted by molar-refractivity contribution is 0.0691. The average molecular weight is 248 g/mol. The normalized spacial score (nSPS) is 13.6. The van der Waals surface area contributed by atoms with Crippen LogP contribution in [0.2, 0.25) is 0 Å². The first-order valence-electron chi connectivity index (χ1n) is 4.42. The first-order valence-corrected chi connectivity index (χ1v) is 5.90. The Balaban J connectivity index is 2.86. The summed E-state index contributed by atoms with van der Waals surface area (Å²) in [5, 5.41) is 17.5. The summed E-state index contributed by atoms with van der Waals surface area (Å²) >= 11 is 0. The Hall–Kier alpha value is -1.38. The van der Waals surface area contributed by atoms with Crippen LogP contribution >= 0.6 is 0 Å². The van der Waals surface area contributed by atoms with Crippen LogP contribution in [0, 0.1) is 0 Å². The van der Waals surface area contributed by atoms with Gasteiger partial charge in [-0.15, -0.1) is 0 Å². The molecule has 1 atom stereocenters. The summed E-state index contributed by atoms with van der Waals surface area (Å²) in [6.07, 6.45) is 0.265.